The van der Waals surface area contributed by atoms with Crippen LogP contribution in [0.1, 0.15) is 66.2 Å². The van der Waals surface area contributed by atoms with Crippen LogP contribution in [0.25, 0.3) is 0 Å². The van der Waals surface area contributed by atoms with Gasteiger partial charge in [0.05, 0.1) is 6.10 Å². The zero-order valence-corrected chi connectivity index (χ0v) is 15.6. The van der Waals surface area contributed by atoms with Crippen LogP contribution >= 0.6 is 0 Å². The van der Waals surface area contributed by atoms with Crippen LogP contribution in [0.2, 0.25) is 0 Å². The number of fused-ring (bicyclic) bond motifs is 1. The van der Waals surface area contributed by atoms with E-state index in [0.717, 1.165) is 38.5 Å². The van der Waals surface area contributed by atoms with Gasteiger partial charge in [0.2, 0.25) is 0 Å². The molecule has 4 heteroatoms. The second kappa shape index (κ2) is 7.17. The van der Waals surface area contributed by atoms with Crippen molar-refractivity contribution in [3.05, 3.63) is 11.6 Å². The van der Waals surface area contributed by atoms with E-state index in [2.05, 4.69) is 27.7 Å². The highest BCUT2D eigenvalue weighted by Gasteiger charge is 2.56. The number of allylic oxidation sites excluding steroid dienone is 1. The molecule has 0 aromatic carbocycles. The lowest BCUT2D eigenvalue weighted by atomic mass is 9.47. The van der Waals surface area contributed by atoms with Crippen molar-refractivity contribution in [3.63, 3.8) is 0 Å². The molecule has 2 rings (SSSR count). The Bertz CT molecular complexity index is 496. The molecule has 3 N–H and O–H groups in total. The maximum absolute atomic E-state index is 11.8. The number of rotatable bonds is 6. The Kier molecular flexibility index (Phi) is 5.81. The van der Waals surface area contributed by atoms with E-state index in [1.807, 2.05) is 6.08 Å². The number of aliphatic hydroxyl groups is 2. The van der Waals surface area contributed by atoms with Gasteiger partial charge in [-0.2, -0.15) is 0 Å². The molecule has 0 radical (unpaired) electrons. The minimum Gasteiger partial charge on any atom is -0.478 e. The summed E-state index contributed by atoms with van der Waals surface area (Å²) in [5.74, 6) is -0.0884. The van der Waals surface area contributed by atoms with Gasteiger partial charge in [-0.15, -0.1) is 0 Å². The molecule has 138 valence electrons. The first-order valence-electron chi connectivity index (χ1n) is 9.36. The summed E-state index contributed by atoms with van der Waals surface area (Å²) in [4.78, 5) is 11.8. The lowest BCUT2D eigenvalue weighted by Crippen LogP contribution is -2.54. The van der Waals surface area contributed by atoms with Gasteiger partial charge in [0.15, 0.2) is 0 Å². The Morgan fingerprint density at radius 3 is 2.62 bits per heavy atom. The average molecular weight is 338 g/mol. The smallest absolute Gasteiger partial charge is 0.331 e. The molecule has 1 saturated carbocycles. The highest BCUT2D eigenvalue weighted by atomic mass is 16.4. The van der Waals surface area contributed by atoms with Crippen LogP contribution < -0.4 is 0 Å². The number of aliphatic hydroxyl groups excluding tert-OH is 2. The number of carboxylic acids is 1. The van der Waals surface area contributed by atoms with E-state index in [1.54, 1.807) is 0 Å². The molecule has 0 spiro atoms. The summed E-state index contributed by atoms with van der Waals surface area (Å²) >= 11 is 0. The van der Waals surface area contributed by atoms with E-state index >= 15 is 0 Å². The molecule has 4 nitrogen and oxygen atoms in total. The van der Waals surface area contributed by atoms with E-state index in [4.69, 9.17) is 5.11 Å². The molecule has 2 aliphatic rings. The minimum atomic E-state index is -0.794. The van der Waals surface area contributed by atoms with Gasteiger partial charge >= 0.3 is 5.97 Å². The maximum atomic E-state index is 11.8. The first-order valence-corrected chi connectivity index (χ1v) is 9.36. The Labute approximate surface area is 146 Å². The molecule has 24 heavy (non-hydrogen) atoms. The first-order chi connectivity index (χ1) is 11.1. The predicted octanol–water partition coefficient (Wildman–Crippen LogP) is 3.62. The molecule has 0 aromatic heterocycles. The predicted molar refractivity (Wildman–Crippen MR) is 94.5 cm³/mol. The largest absolute Gasteiger partial charge is 0.478 e. The number of carbonyl (C=O) groups is 1. The Morgan fingerprint density at radius 1 is 1.38 bits per heavy atom. The van der Waals surface area contributed by atoms with Crippen molar-refractivity contribution in [1.29, 1.82) is 0 Å². The van der Waals surface area contributed by atoms with Gasteiger partial charge in [-0.3, -0.25) is 0 Å². The highest BCUT2D eigenvalue weighted by Crippen LogP contribution is 2.60. The van der Waals surface area contributed by atoms with Crippen LogP contribution in [0.5, 0.6) is 0 Å². The van der Waals surface area contributed by atoms with Crippen molar-refractivity contribution >= 4 is 5.97 Å². The first kappa shape index (κ1) is 19.5. The van der Waals surface area contributed by atoms with Crippen molar-refractivity contribution < 1.29 is 20.1 Å². The molecule has 0 amide bonds. The third-order valence-electron chi connectivity index (χ3n) is 6.99. The second-order valence-electron chi connectivity index (χ2n) is 8.89. The number of aliphatic carboxylic acids is 1. The Hall–Kier alpha value is -0.870. The molecule has 0 bridgehead atoms. The zero-order valence-electron chi connectivity index (χ0n) is 15.6. The van der Waals surface area contributed by atoms with Gasteiger partial charge in [0.1, 0.15) is 0 Å². The van der Waals surface area contributed by atoms with E-state index in [9.17, 15) is 15.0 Å². The van der Waals surface area contributed by atoms with Crippen LogP contribution in [-0.2, 0) is 4.79 Å². The molecule has 0 aliphatic heterocycles. The fourth-order valence-electron chi connectivity index (χ4n) is 5.40. The lowest BCUT2D eigenvalue weighted by molar-refractivity contribution is -0.140. The summed E-state index contributed by atoms with van der Waals surface area (Å²) in [7, 11) is 0. The summed E-state index contributed by atoms with van der Waals surface area (Å²) in [6, 6.07) is 0. The van der Waals surface area contributed by atoms with Crippen molar-refractivity contribution in [1.82, 2.24) is 0 Å². The molecule has 2 aliphatic carbocycles. The number of carboxylic acid groups (broad SMARTS) is 1. The van der Waals surface area contributed by atoms with Crippen LogP contribution in [0.3, 0.4) is 0 Å². The van der Waals surface area contributed by atoms with Gasteiger partial charge in [-0.05, 0) is 67.1 Å². The molecule has 0 aromatic rings. The quantitative estimate of drug-likeness (QED) is 0.691. The number of hydrogen-bond acceptors (Lipinski definition) is 3. The van der Waals surface area contributed by atoms with Crippen LogP contribution in [-0.4, -0.2) is 34.0 Å². The third-order valence-corrected chi connectivity index (χ3v) is 6.99. The highest BCUT2D eigenvalue weighted by molar-refractivity contribution is 5.87. The zero-order chi connectivity index (χ0) is 18.1. The van der Waals surface area contributed by atoms with Gasteiger partial charge in [0, 0.05) is 12.2 Å². The standard InChI is InChI=1S/C20H34O4/c1-13(6-5-11-21)12-15-14(18(23)24)7-8-16-19(2,3)17(22)9-10-20(15,16)4/h7,13,15-17,21-22H,5-6,8-12H2,1-4H3,(H,23,24)/t13?,15-,16?,17-,20+/m1/s1. The monoisotopic (exact) mass is 338 g/mol. The van der Waals surface area contributed by atoms with Crippen molar-refractivity contribution in [2.24, 2.45) is 28.6 Å². The molecular formula is C20H34O4. The van der Waals surface area contributed by atoms with Gasteiger partial charge in [0.25, 0.3) is 0 Å². The molecule has 0 heterocycles. The molecule has 0 saturated heterocycles. The molecule has 1 fully saturated rings. The van der Waals surface area contributed by atoms with Crippen LogP contribution in [0.15, 0.2) is 11.6 Å². The topological polar surface area (TPSA) is 77.8 Å². The normalized spacial score (nSPS) is 36.6. The van der Waals surface area contributed by atoms with Crippen LogP contribution in [0.4, 0.5) is 0 Å². The second-order valence-corrected chi connectivity index (χ2v) is 8.89. The van der Waals surface area contributed by atoms with Crippen LogP contribution in [0, 0.1) is 28.6 Å². The summed E-state index contributed by atoms with van der Waals surface area (Å²) < 4.78 is 0. The van der Waals surface area contributed by atoms with E-state index < -0.39 is 5.97 Å². The Morgan fingerprint density at radius 2 is 2.04 bits per heavy atom. The van der Waals surface area contributed by atoms with Crippen molar-refractivity contribution in [3.8, 4) is 0 Å². The van der Waals surface area contributed by atoms with E-state index in [1.165, 1.54) is 0 Å². The molecule has 2 unspecified atom stereocenters. The Balaban J connectivity index is 2.34. The molecule has 5 atom stereocenters. The summed E-state index contributed by atoms with van der Waals surface area (Å²) in [6.07, 6.45) is 6.50. The number of hydrogen-bond donors (Lipinski definition) is 3. The van der Waals surface area contributed by atoms with Crippen molar-refractivity contribution in [2.45, 2.75) is 72.3 Å². The summed E-state index contributed by atoms with van der Waals surface area (Å²) in [5.41, 5.74) is 0.288. The van der Waals surface area contributed by atoms with Gasteiger partial charge < -0.3 is 15.3 Å². The van der Waals surface area contributed by atoms with E-state index in [0.29, 0.717) is 17.4 Å². The third kappa shape index (κ3) is 3.41. The lowest BCUT2D eigenvalue weighted by Gasteiger charge is -2.58. The maximum Gasteiger partial charge on any atom is 0.331 e. The fraction of sp³-hybridized carbons (Fsp3) is 0.850. The fourth-order valence-corrected chi connectivity index (χ4v) is 5.40. The minimum absolute atomic E-state index is 0.0224. The average Bonchev–Trinajstić information content (AvgIpc) is 2.50. The summed E-state index contributed by atoms with van der Waals surface area (Å²) in [6.45, 7) is 8.85. The van der Waals surface area contributed by atoms with E-state index in [-0.39, 0.29) is 29.5 Å². The van der Waals surface area contributed by atoms with Gasteiger partial charge in [-0.25, -0.2) is 4.79 Å². The van der Waals surface area contributed by atoms with Crippen molar-refractivity contribution in [2.75, 3.05) is 6.61 Å². The summed E-state index contributed by atoms with van der Waals surface area (Å²) in [5, 5.41) is 29.3. The van der Waals surface area contributed by atoms with Gasteiger partial charge in [-0.1, -0.05) is 33.8 Å². The SMILES string of the molecule is CC(CCCO)C[C@@H]1C(C(=O)O)=CCC2C(C)(C)[C@H](O)CC[C@]21C. The molecular weight excluding hydrogens is 304 g/mol.